The highest BCUT2D eigenvalue weighted by molar-refractivity contribution is 5.63. The van der Waals surface area contributed by atoms with Crippen LogP contribution in [0.2, 0.25) is 0 Å². The number of rotatable bonds is 1. The number of hydrogen-bond acceptors (Lipinski definition) is 3. The molecule has 0 aliphatic carbocycles. The second-order valence-electron chi connectivity index (χ2n) is 2.57. The highest BCUT2D eigenvalue weighted by atomic mass is 15.1. The lowest BCUT2D eigenvalue weighted by Gasteiger charge is -1.93. The molecule has 0 aliphatic heterocycles. The predicted molar refractivity (Wildman–Crippen MR) is 47.3 cm³/mol. The topological polar surface area (TPSA) is 42.2 Å². The summed E-state index contributed by atoms with van der Waals surface area (Å²) in [5, 5.41) is 3.00. The van der Waals surface area contributed by atoms with Crippen LogP contribution in [0.1, 0.15) is 5.82 Å². The smallest absolute Gasteiger partial charge is 0.181 e. The normalized spacial score (nSPS) is 10.5. The van der Waals surface area contributed by atoms with E-state index in [-0.39, 0.29) is 0 Å². The summed E-state index contributed by atoms with van der Waals surface area (Å²) >= 11 is 0. The molecule has 0 aliphatic rings. The largest absolute Gasteiger partial charge is 0.370 e. The Morgan fingerprint density at radius 3 is 3.08 bits per heavy atom. The van der Waals surface area contributed by atoms with Crippen molar-refractivity contribution in [2.45, 2.75) is 6.92 Å². The lowest BCUT2D eigenvalue weighted by Crippen LogP contribution is -1.90. The Morgan fingerprint density at radius 2 is 2.33 bits per heavy atom. The van der Waals surface area contributed by atoms with Crippen LogP contribution in [0, 0.1) is 6.92 Å². The van der Waals surface area contributed by atoms with Crippen LogP contribution in [0.5, 0.6) is 0 Å². The lowest BCUT2D eigenvalue weighted by molar-refractivity contribution is 1.02. The van der Waals surface area contributed by atoms with Crippen LogP contribution in [0.25, 0.3) is 5.65 Å². The summed E-state index contributed by atoms with van der Waals surface area (Å²) in [7, 11) is 1.84. The highest BCUT2D eigenvalue weighted by Crippen LogP contribution is 2.13. The number of nitrogens with zero attached hydrogens (tertiary/aromatic N) is 3. The Hall–Kier alpha value is -1.58. The highest BCUT2D eigenvalue weighted by Gasteiger charge is 2.05. The van der Waals surface area contributed by atoms with Crippen LogP contribution in [0.4, 0.5) is 5.82 Å². The molecule has 1 N–H and O–H groups in total. The third-order valence-corrected chi connectivity index (χ3v) is 1.82. The fourth-order valence-electron chi connectivity index (χ4n) is 1.24. The van der Waals surface area contributed by atoms with E-state index < -0.39 is 0 Å². The number of aryl methyl sites for hydroxylation is 1. The average molecular weight is 162 g/mol. The van der Waals surface area contributed by atoms with Gasteiger partial charge in [0.25, 0.3) is 0 Å². The molecule has 0 amide bonds. The monoisotopic (exact) mass is 162 g/mol. The van der Waals surface area contributed by atoms with E-state index >= 15 is 0 Å². The van der Waals surface area contributed by atoms with Crippen LogP contribution >= 0.6 is 0 Å². The van der Waals surface area contributed by atoms with Crippen LogP contribution in [-0.4, -0.2) is 21.4 Å². The second-order valence-corrected chi connectivity index (χ2v) is 2.57. The molecule has 0 fully saturated rings. The summed E-state index contributed by atoms with van der Waals surface area (Å²) in [6, 6.07) is 1.89. The van der Waals surface area contributed by atoms with E-state index in [1.54, 1.807) is 6.20 Å². The fourth-order valence-corrected chi connectivity index (χ4v) is 1.24. The minimum absolute atomic E-state index is 0.827. The maximum absolute atomic E-state index is 4.30. The molecular formula is C8H10N4. The van der Waals surface area contributed by atoms with E-state index in [0.29, 0.717) is 0 Å². The molecule has 0 atom stereocenters. The summed E-state index contributed by atoms with van der Waals surface area (Å²) in [4.78, 5) is 8.51. The fraction of sp³-hybridized carbons (Fsp3) is 0.250. The number of imidazole rings is 1. The van der Waals surface area contributed by atoms with Crippen LogP contribution < -0.4 is 5.32 Å². The van der Waals surface area contributed by atoms with Gasteiger partial charge in [0.1, 0.15) is 5.82 Å². The van der Waals surface area contributed by atoms with Crippen molar-refractivity contribution in [1.82, 2.24) is 14.4 Å². The van der Waals surface area contributed by atoms with Crippen molar-refractivity contribution in [2.24, 2.45) is 0 Å². The third kappa shape index (κ3) is 0.845. The summed E-state index contributed by atoms with van der Waals surface area (Å²) in [5.41, 5.74) is 0.873. The van der Waals surface area contributed by atoms with Gasteiger partial charge in [0, 0.05) is 19.4 Å². The lowest BCUT2D eigenvalue weighted by atomic mass is 10.6. The van der Waals surface area contributed by atoms with Crippen molar-refractivity contribution in [3.05, 3.63) is 24.3 Å². The Balaban J connectivity index is 2.82. The van der Waals surface area contributed by atoms with Gasteiger partial charge < -0.3 is 5.32 Å². The first-order valence-electron chi connectivity index (χ1n) is 3.80. The number of nitrogens with one attached hydrogen (secondary N) is 1. The molecule has 4 nitrogen and oxygen atoms in total. The molecule has 0 unspecified atom stereocenters. The standard InChI is InChI=1S/C8H10N4/c1-6-11-7(9-2)8-10-4-3-5-12(6)8/h3-5,9H,1-2H3. The number of aromatic nitrogens is 3. The summed E-state index contributed by atoms with van der Waals surface area (Å²) in [5.74, 6) is 1.77. The maximum atomic E-state index is 4.30. The van der Waals surface area contributed by atoms with E-state index in [2.05, 4.69) is 15.3 Å². The number of anilines is 1. The van der Waals surface area contributed by atoms with Crippen molar-refractivity contribution in [1.29, 1.82) is 0 Å². The van der Waals surface area contributed by atoms with Gasteiger partial charge in [0.05, 0.1) is 0 Å². The second kappa shape index (κ2) is 2.48. The zero-order valence-corrected chi connectivity index (χ0v) is 7.07. The molecule has 4 heteroatoms. The van der Waals surface area contributed by atoms with Gasteiger partial charge in [-0.15, -0.1) is 0 Å². The SMILES string of the molecule is CNc1nc(C)n2cccnc12. The van der Waals surface area contributed by atoms with Crippen molar-refractivity contribution in [3.8, 4) is 0 Å². The van der Waals surface area contributed by atoms with Crippen molar-refractivity contribution < 1.29 is 0 Å². The third-order valence-electron chi connectivity index (χ3n) is 1.82. The van der Waals surface area contributed by atoms with Gasteiger partial charge in [-0.3, -0.25) is 4.40 Å². The Labute approximate surface area is 70.3 Å². The zero-order valence-electron chi connectivity index (χ0n) is 7.07. The van der Waals surface area contributed by atoms with Gasteiger partial charge in [-0.1, -0.05) is 0 Å². The molecule has 0 saturated heterocycles. The Kier molecular flexibility index (Phi) is 1.46. The molecule has 0 radical (unpaired) electrons. The van der Waals surface area contributed by atoms with E-state index in [1.165, 1.54) is 0 Å². The molecule has 0 aromatic carbocycles. The Bertz CT molecular complexity index is 404. The van der Waals surface area contributed by atoms with E-state index in [1.807, 2.05) is 30.6 Å². The van der Waals surface area contributed by atoms with Crippen LogP contribution in [0.3, 0.4) is 0 Å². The predicted octanol–water partition coefficient (Wildman–Crippen LogP) is 1.08. The molecule has 12 heavy (non-hydrogen) atoms. The van der Waals surface area contributed by atoms with Crippen molar-refractivity contribution >= 4 is 11.5 Å². The van der Waals surface area contributed by atoms with Gasteiger partial charge in [-0.05, 0) is 13.0 Å². The zero-order chi connectivity index (χ0) is 8.55. The van der Waals surface area contributed by atoms with Crippen molar-refractivity contribution in [3.63, 3.8) is 0 Å². The molecule has 62 valence electrons. The number of fused-ring (bicyclic) bond motifs is 1. The molecule has 2 aromatic heterocycles. The average Bonchev–Trinajstić information content (AvgIpc) is 2.44. The molecule has 0 saturated carbocycles. The van der Waals surface area contributed by atoms with E-state index in [9.17, 15) is 0 Å². The van der Waals surface area contributed by atoms with E-state index in [4.69, 9.17) is 0 Å². The summed E-state index contributed by atoms with van der Waals surface area (Å²) < 4.78 is 1.95. The van der Waals surface area contributed by atoms with Gasteiger partial charge in [0.2, 0.25) is 0 Å². The minimum Gasteiger partial charge on any atom is -0.370 e. The van der Waals surface area contributed by atoms with Gasteiger partial charge in [-0.25, -0.2) is 9.97 Å². The molecule has 0 spiro atoms. The maximum Gasteiger partial charge on any atom is 0.181 e. The van der Waals surface area contributed by atoms with Gasteiger partial charge in [-0.2, -0.15) is 0 Å². The Morgan fingerprint density at radius 1 is 1.50 bits per heavy atom. The molecule has 2 heterocycles. The van der Waals surface area contributed by atoms with E-state index in [0.717, 1.165) is 17.3 Å². The van der Waals surface area contributed by atoms with Crippen LogP contribution in [0.15, 0.2) is 18.5 Å². The molecule has 2 rings (SSSR count). The summed E-state index contributed by atoms with van der Waals surface area (Å²) in [6.07, 6.45) is 3.71. The first-order valence-corrected chi connectivity index (χ1v) is 3.80. The van der Waals surface area contributed by atoms with Gasteiger partial charge in [0.15, 0.2) is 11.5 Å². The molecular weight excluding hydrogens is 152 g/mol. The molecule has 0 bridgehead atoms. The minimum atomic E-state index is 0.827. The van der Waals surface area contributed by atoms with Crippen molar-refractivity contribution in [2.75, 3.05) is 12.4 Å². The van der Waals surface area contributed by atoms with Gasteiger partial charge >= 0.3 is 0 Å². The number of hydrogen-bond donors (Lipinski definition) is 1. The first kappa shape index (κ1) is 7.09. The first-order chi connectivity index (χ1) is 5.83. The van der Waals surface area contributed by atoms with Crippen LogP contribution in [-0.2, 0) is 0 Å². The molecule has 2 aromatic rings. The quantitative estimate of drug-likeness (QED) is 0.682. The summed E-state index contributed by atoms with van der Waals surface area (Å²) in [6.45, 7) is 1.95.